The summed E-state index contributed by atoms with van der Waals surface area (Å²) < 4.78 is 33.3. The van der Waals surface area contributed by atoms with Crippen molar-refractivity contribution >= 4 is 27.5 Å². The van der Waals surface area contributed by atoms with Gasteiger partial charge in [0.05, 0.1) is 11.4 Å². The smallest absolute Gasteiger partial charge is 0.326 e. The molecule has 0 atom stereocenters. The van der Waals surface area contributed by atoms with Crippen LogP contribution in [0, 0.1) is 5.92 Å². The van der Waals surface area contributed by atoms with Crippen molar-refractivity contribution < 1.29 is 17.7 Å². The Kier molecular flexibility index (Phi) is 4.70. The fourth-order valence-corrected chi connectivity index (χ4v) is 5.25. The van der Waals surface area contributed by atoms with Gasteiger partial charge in [-0.25, -0.2) is 0 Å². The lowest BCUT2D eigenvalue weighted by Crippen LogP contribution is -2.36. The Hall–Kier alpha value is -3.33. The normalized spacial score (nSPS) is 16.9. The minimum atomic E-state index is -3.52. The summed E-state index contributed by atoms with van der Waals surface area (Å²) in [6.45, 7) is 0.883. The van der Waals surface area contributed by atoms with Crippen molar-refractivity contribution in [1.29, 1.82) is 0 Å². The molecule has 160 valence electrons. The molecule has 0 unspecified atom stereocenters. The minimum Gasteiger partial charge on any atom is -0.364 e. The molecule has 0 radical (unpaired) electrons. The number of carbonyl (C=O) groups excluding carboxylic acids is 1. The molecule has 8 nitrogen and oxygen atoms in total. The predicted molar refractivity (Wildman–Crippen MR) is 117 cm³/mol. The molecule has 5 rings (SSSR count). The molecular weight excluding hydrogens is 416 g/mol. The number of hydrogen-bond donors (Lipinski definition) is 1. The van der Waals surface area contributed by atoms with Gasteiger partial charge in [-0.05, 0) is 53.6 Å². The summed E-state index contributed by atoms with van der Waals surface area (Å²) in [5, 5.41) is 6.44. The van der Waals surface area contributed by atoms with E-state index in [9.17, 15) is 13.2 Å². The van der Waals surface area contributed by atoms with Gasteiger partial charge in [-0.1, -0.05) is 29.4 Å². The van der Waals surface area contributed by atoms with E-state index >= 15 is 0 Å². The minimum absolute atomic E-state index is 0.231. The average Bonchev–Trinajstić information content (AvgIpc) is 3.39. The highest BCUT2D eigenvalue weighted by atomic mass is 32.2. The highest BCUT2D eigenvalue weighted by Gasteiger charge is 2.40. The third kappa shape index (κ3) is 3.65. The standard InChI is InChI=1S/C22H22N4O4S/c1-25-21-12-18(7-8-20(21)26(31(25,28)29)14-15-5-6-15)17-4-2-3-16(11-17)13-23-22(27)19-9-10-30-24-19/h2-4,7-12,15H,5-6,13-14H2,1H3,(H,23,27). The van der Waals surface area contributed by atoms with Gasteiger partial charge in [0, 0.05) is 26.2 Å². The van der Waals surface area contributed by atoms with Crippen LogP contribution in [-0.2, 0) is 16.8 Å². The Morgan fingerprint density at radius 3 is 2.68 bits per heavy atom. The number of rotatable bonds is 6. The van der Waals surface area contributed by atoms with Crippen LogP contribution in [0.15, 0.2) is 59.3 Å². The van der Waals surface area contributed by atoms with Gasteiger partial charge in [-0.3, -0.25) is 13.4 Å². The lowest BCUT2D eigenvalue weighted by molar-refractivity contribution is 0.0942. The molecule has 0 saturated heterocycles. The first kappa shape index (κ1) is 19.6. The fourth-order valence-electron chi connectivity index (χ4n) is 3.75. The molecule has 1 aliphatic carbocycles. The Balaban J connectivity index is 1.38. The number of fused-ring (bicyclic) bond motifs is 1. The Morgan fingerprint density at radius 1 is 1.13 bits per heavy atom. The molecule has 2 heterocycles. The van der Waals surface area contributed by atoms with Gasteiger partial charge >= 0.3 is 10.2 Å². The van der Waals surface area contributed by atoms with Gasteiger partial charge in [-0.15, -0.1) is 0 Å². The molecule has 1 aliphatic heterocycles. The van der Waals surface area contributed by atoms with Crippen LogP contribution in [0.1, 0.15) is 28.9 Å². The summed E-state index contributed by atoms with van der Waals surface area (Å²) in [6.07, 6.45) is 3.53. The first-order valence-electron chi connectivity index (χ1n) is 10.1. The Bertz CT molecular complexity index is 1240. The molecule has 1 aromatic heterocycles. The van der Waals surface area contributed by atoms with Gasteiger partial charge in [0.2, 0.25) is 0 Å². The monoisotopic (exact) mass is 438 g/mol. The lowest BCUT2D eigenvalue weighted by Gasteiger charge is -2.18. The fraction of sp³-hybridized carbons (Fsp3) is 0.273. The maximum atomic E-state index is 12.9. The summed E-state index contributed by atoms with van der Waals surface area (Å²) in [4.78, 5) is 12.1. The third-order valence-electron chi connectivity index (χ3n) is 5.71. The van der Waals surface area contributed by atoms with Gasteiger partial charge in [-0.2, -0.15) is 8.42 Å². The molecule has 2 aromatic carbocycles. The highest BCUT2D eigenvalue weighted by molar-refractivity contribution is 7.94. The molecule has 0 spiro atoms. The van der Waals surface area contributed by atoms with E-state index < -0.39 is 10.2 Å². The maximum absolute atomic E-state index is 12.9. The Morgan fingerprint density at radius 2 is 1.94 bits per heavy atom. The van der Waals surface area contributed by atoms with E-state index in [1.54, 1.807) is 7.05 Å². The van der Waals surface area contributed by atoms with Crippen molar-refractivity contribution in [3.8, 4) is 11.1 Å². The third-order valence-corrected chi connectivity index (χ3v) is 7.50. The van der Waals surface area contributed by atoms with E-state index in [1.807, 2.05) is 42.5 Å². The average molecular weight is 439 g/mol. The zero-order chi connectivity index (χ0) is 21.6. The SMILES string of the molecule is CN1c2cc(-c3cccc(CNC(=O)c4ccon4)c3)ccc2N(CC2CC2)S1(=O)=O. The summed E-state index contributed by atoms with van der Waals surface area (Å²) >= 11 is 0. The summed E-state index contributed by atoms with van der Waals surface area (Å²) in [5.41, 5.74) is 4.43. The van der Waals surface area contributed by atoms with Gasteiger partial charge in [0.25, 0.3) is 5.91 Å². The van der Waals surface area contributed by atoms with Gasteiger partial charge in [0.15, 0.2) is 5.69 Å². The topological polar surface area (TPSA) is 95.8 Å². The van der Waals surface area contributed by atoms with Crippen LogP contribution in [0.3, 0.4) is 0 Å². The summed E-state index contributed by atoms with van der Waals surface area (Å²) in [6, 6.07) is 15.0. The number of benzene rings is 2. The summed E-state index contributed by atoms with van der Waals surface area (Å²) in [7, 11) is -1.92. The molecule has 1 N–H and O–H groups in total. The van der Waals surface area contributed by atoms with Crippen LogP contribution < -0.4 is 13.9 Å². The van der Waals surface area contributed by atoms with Crippen LogP contribution in [0.2, 0.25) is 0 Å². The van der Waals surface area contributed by atoms with Crippen molar-refractivity contribution in [1.82, 2.24) is 10.5 Å². The van der Waals surface area contributed by atoms with Crippen molar-refractivity contribution in [2.24, 2.45) is 5.92 Å². The van der Waals surface area contributed by atoms with Crippen LogP contribution in [0.5, 0.6) is 0 Å². The number of anilines is 2. The van der Waals surface area contributed by atoms with E-state index in [2.05, 4.69) is 10.5 Å². The molecular formula is C22H22N4O4S. The molecule has 1 amide bonds. The lowest BCUT2D eigenvalue weighted by atomic mass is 10.0. The van der Waals surface area contributed by atoms with Crippen LogP contribution in [0.4, 0.5) is 11.4 Å². The van der Waals surface area contributed by atoms with Crippen molar-refractivity contribution in [3.05, 3.63) is 66.1 Å². The molecule has 31 heavy (non-hydrogen) atoms. The van der Waals surface area contributed by atoms with Crippen molar-refractivity contribution in [2.45, 2.75) is 19.4 Å². The quantitative estimate of drug-likeness (QED) is 0.638. The van der Waals surface area contributed by atoms with Gasteiger partial charge < -0.3 is 9.84 Å². The Labute approximate surface area is 180 Å². The molecule has 9 heteroatoms. The second-order valence-corrected chi connectivity index (χ2v) is 9.81. The van der Waals surface area contributed by atoms with E-state index in [0.717, 1.165) is 35.2 Å². The van der Waals surface area contributed by atoms with Gasteiger partial charge in [0.1, 0.15) is 6.26 Å². The summed E-state index contributed by atoms with van der Waals surface area (Å²) in [5.74, 6) is 0.150. The number of hydrogen-bond acceptors (Lipinski definition) is 5. The second kappa shape index (κ2) is 7.42. The number of carbonyl (C=O) groups is 1. The predicted octanol–water partition coefficient (Wildman–Crippen LogP) is 3.18. The molecule has 0 bridgehead atoms. The van der Waals surface area contributed by atoms with E-state index in [1.165, 1.54) is 20.9 Å². The zero-order valence-corrected chi connectivity index (χ0v) is 17.8. The van der Waals surface area contributed by atoms with E-state index in [0.29, 0.717) is 24.7 Å². The van der Waals surface area contributed by atoms with Crippen LogP contribution in [-0.4, -0.2) is 33.1 Å². The van der Waals surface area contributed by atoms with E-state index in [4.69, 9.17) is 4.52 Å². The number of nitrogens with one attached hydrogen (secondary N) is 1. The van der Waals surface area contributed by atoms with Crippen molar-refractivity contribution in [3.63, 3.8) is 0 Å². The number of aromatic nitrogens is 1. The van der Waals surface area contributed by atoms with Crippen LogP contribution in [0.25, 0.3) is 11.1 Å². The van der Waals surface area contributed by atoms with E-state index in [-0.39, 0.29) is 11.6 Å². The van der Waals surface area contributed by atoms with Crippen LogP contribution >= 0.6 is 0 Å². The highest BCUT2D eigenvalue weighted by Crippen LogP contribution is 2.44. The largest absolute Gasteiger partial charge is 0.364 e. The first-order valence-corrected chi connectivity index (χ1v) is 11.5. The molecule has 1 saturated carbocycles. The zero-order valence-electron chi connectivity index (χ0n) is 17.0. The molecule has 1 fully saturated rings. The maximum Gasteiger partial charge on any atom is 0.326 e. The first-order chi connectivity index (χ1) is 14.9. The molecule has 2 aliphatic rings. The second-order valence-electron chi connectivity index (χ2n) is 7.92. The molecule has 3 aromatic rings. The van der Waals surface area contributed by atoms with Crippen molar-refractivity contribution in [2.75, 3.05) is 22.2 Å². The number of amides is 1. The number of nitrogens with zero attached hydrogens (tertiary/aromatic N) is 3.